The van der Waals surface area contributed by atoms with Gasteiger partial charge in [-0.1, -0.05) is 6.07 Å². The number of aromatic nitrogens is 1. The molecular weight excluding hydrogens is 214 g/mol. The van der Waals surface area contributed by atoms with Crippen LogP contribution in [-0.2, 0) is 4.79 Å². The molecule has 0 radical (unpaired) electrons. The van der Waals surface area contributed by atoms with Gasteiger partial charge in [-0.25, -0.2) is 0 Å². The molecule has 3 nitrogen and oxygen atoms in total. The van der Waals surface area contributed by atoms with Crippen molar-refractivity contribution in [1.82, 2.24) is 4.98 Å². The Morgan fingerprint density at radius 3 is 2.94 bits per heavy atom. The maximum absolute atomic E-state index is 11.0. The number of pyridine rings is 1. The fourth-order valence-corrected chi connectivity index (χ4v) is 1.84. The molecule has 17 heavy (non-hydrogen) atoms. The van der Waals surface area contributed by atoms with Crippen molar-refractivity contribution in [1.29, 1.82) is 0 Å². The Labute approximate surface area is 100 Å². The first-order chi connectivity index (χ1) is 8.16. The summed E-state index contributed by atoms with van der Waals surface area (Å²) in [6, 6.07) is 9.60. The molecule has 0 amide bonds. The normalized spacial score (nSPS) is 12.4. The van der Waals surface area contributed by atoms with Crippen LogP contribution in [0.4, 0.5) is 0 Å². The van der Waals surface area contributed by atoms with Gasteiger partial charge in [0.25, 0.3) is 0 Å². The van der Waals surface area contributed by atoms with Gasteiger partial charge in [0.05, 0.1) is 5.52 Å². The van der Waals surface area contributed by atoms with Gasteiger partial charge >= 0.3 is 0 Å². The molecule has 1 aromatic carbocycles. The van der Waals surface area contributed by atoms with Crippen molar-refractivity contribution in [2.75, 3.05) is 0 Å². The van der Waals surface area contributed by atoms with E-state index >= 15 is 0 Å². The van der Waals surface area contributed by atoms with E-state index in [0.717, 1.165) is 16.7 Å². The molecular formula is C14H15NO2. The first kappa shape index (κ1) is 11.6. The topological polar surface area (TPSA) is 39.2 Å². The summed E-state index contributed by atoms with van der Waals surface area (Å²) in [6.07, 6.45) is 2.07. The van der Waals surface area contributed by atoms with E-state index < -0.39 is 0 Å². The molecule has 0 bridgehead atoms. The third-order valence-electron chi connectivity index (χ3n) is 2.51. The van der Waals surface area contributed by atoms with Gasteiger partial charge < -0.3 is 4.74 Å². The summed E-state index contributed by atoms with van der Waals surface area (Å²) >= 11 is 0. The average Bonchev–Trinajstić information content (AvgIpc) is 2.28. The van der Waals surface area contributed by atoms with Gasteiger partial charge in [-0.2, -0.15) is 0 Å². The molecule has 88 valence electrons. The lowest BCUT2D eigenvalue weighted by Crippen LogP contribution is -2.15. The number of nitrogens with zero attached hydrogens (tertiary/aromatic N) is 1. The third-order valence-corrected chi connectivity index (χ3v) is 2.51. The maximum atomic E-state index is 11.0. The smallest absolute Gasteiger partial charge is 0.133 e. The summed E-state index contributed by atoms with van der Waals surface area (Å²) in [5, 5.41) is 0.977. The van der Waals surface area contributed by atoms with Crippen molar-refractivity contribution >= 4 is 16.7 Å². The average molecular weight is 229 g/mol. The molecule has 1 unspecified atom stereocenters. The summed E-state index contributed by atoms with van der Waals surface area (Å²) < 4.78 is 5.78. The number of hydrogen-bond acceptors (Lipinski definition) is 3. The second-order valence-corrected chi connectivity index (χ2v) is 4.16. The van der Waals surface area contributed by atoms with Gasteiger partial charge in [0, 0.05) is 18.0 Å². The summed E-state index contributed by atoms with van der Waals surface area (Å²) in [4.78, 5) is 15.3. The monoisotopic (exact) mass is 229 g/mol. The maximum Gasteiger partial charge on any atom is 0.133 e. The lowest BCUT2D eigenvalue weighted by molar-refractivity contribution is -0.118. The van der Waals surface area contributed by atoms with Gasteiger partial charge in [0.15, 0.2) is 0 Å². The number of rotatable bonds is 4. The molecule has 0 saturated heterocycles. The highest BCUT2D eigenvalue weighted by molar-refractivity contribution is 5.84. The number of benzene rings is 1. The number of ketones is 1. The SMILES string of the molecule is CC(=O)CC(C)Oc1cccc2ncccc12. The molecule has 2 aromatic rings. The highest BCUT2D eigenvalue weighted by Gasteiger charge is 2.09. The zero-order valence-electron chi connectivity index (χ0n) is 10.0. The summed E-state index contributed by atoms with van der Waals surface area (Å²) in [6.45, 7) is 3.47. The number of ether oxygens (including phenoxy) is 1. The molecule has 0 aliphatic rings. The molecule has 0 fully saturated rings. The Bertz CT molecular complexity index is 531. The fourth-order valence-electron chi connectivity index (χ4n) is 1.84. The predicted octanol–water partition coefficient (Wildman–Crippen LogP) is 2.98. The summed E-state index contributed by atoms with van der Waals surface area (Å²) in [5.41, 5.74) is 0.903. The van der Waals surface area contributed by atoms with Crippen LogP contribution in [0.2, 0.25) is 0 Å². The molecule has 2 rings (SSSR count). The molecule has 0 N–H and O–H groups in total. The highest BCUT2D eigenvalue weighted by atomic mass is 16.5. The van der Waals surface area contributed by atoms with E-state index in [-0.39, 0.29) is 11.9 Å². The zero-order valence-corrected chi connectivity index (χ0v) is 10.0. The van der Waals surface area contributed by atoms with Crippen molar-refractivity contribution in [2.24, 2.45) is 0 Å². The molecule has 1 heterocycles. The van der Waals surface area contributed by atoms with Crippen molar-refractivity contribution < 1.29 is 9.53 Å². The highest BCUT2D eigenvalue weighted by Crippen LogP contribution is 2.25. The quantitative estimate of drug-likeness (QED) is 0.809. The van der Waals surface area contributed by atoms with E-state index in [1.54, 1.807) is 13.1 Å². The Hall–Kier alpha value is -1.90. The Morgan fingerprint density at radius 1 is 1.35 bits per heavy atom. The molecule has 1 aromatic heterocycles. The van der Waals surface area contributed by atoms with Crippen LogP contribution in [-0.4, -0.2) is 16.9 Å². The van der Waals surface area contributed by atoms with Gasteiger partial charge in [-0.15, -0.1) is 0 Å². The first-order valence-corrected chi connectivity index (χ1v) is 5.66. The van der Waals surface area contributed by atoms with E-state index in [1.165, 1.54) is 0 Å². The van der Waals surface area contributed by atoms with Gasteiger partial charge in [0.1, 0.15) is 17.6 Å². The van der Waals surface area contributed by atoms with Crippen LogP contribution in [0.5, 0.6) is 5.75 Å². The minimum atomic E-state index is -0.113. The summed E-state index contributed by atoms with van der Waals surface area (Å²) in [5.74, 6) is 0.917. The number of fused-ring (bicyclic) bond motifs is 1. The van der Waals surface area contributed by atoms with E-state index in [4.69, 9.17) is 4.74 Å². The van der Waals surface area contributed by atoms with Crippen molar-refractivity contribution in [3.05, 3.63) is 36.5 Å². The van der Waals surface area contributed by atoms with E-state index in [0.29, 0.717) is 6.42 Å². The van der Waals surface area contributed by atoms with Crippen molar-refractivity contribution in [2.45, 2.75) is 26.4 Å². The van der Waals surface area contributed by atoms with Crippen LogP contribution < -0.4 is 4.74 Å². The Morgan fingerprint density at radius 2 is 2.18 bits per heavy atom. The Balaban J connectivity index is 2.26. The minimum Gasteiger partial charge on any atom is -0.490 e. The van der Waals surface area contributed by atoms with Crippen molar-refractivity contribution in [3.8, 4) is 5.75 Å². The second kappa shape index (κ2) is 4.95. The predicted molar refractivity (Wildman–Crippen MR) is 67.1 cm³/mol. The molecule has 1 atom stereocenters. The third kappa shape index (κ3) is 2.81. The molecule has 0 aliphatic heterocycles. The lowest BCUT2D eigenvalue weighted by Gasteiger charge is -2.14. The van der Waals surface area contributed by atoms with Gasteiger partial charge in [-0.3, -0.25) is 9.78 Å². The molecule has 3 heteroatoms. The number of hydrogen-bond donors (Lipinski definition) is 0. The molecule has 0 saturated carbocycles. The van der Waals surface area contributed by atoms with Crippen LogP contribution in [0.3, 0.4) is 0 Å². The van der Waals surface area contributed by atoms with Crippen molar-refractivity contribution in [3.63, 3.8) is 0 Å². The van der Waals surface area contributed by atoms with Crippen LogP contribution in [0.15, 0.2) is 36.5 Å². The largest absolute Gasteiger partial charge is 0.490 e. The fraction of sp³-hybridized carbons (Fsp3) is 0.286. The van der Waals surface area contributed by atoms with Crippen LogP contribution in [0, 0.1) is 0 Å². The van der Waals surface area contributed by atoms with Gasteiger partial charge in [0.2, 0.25) is 0 Å². The van der Waals surface area contributed by atoms with Crippen LogP contribution >= 0.6 is 0 Å². The standard InChI is InChI=1S/C14H15NO2/c1-10(16)9-11(2)17-14-7-3-6-13-12(14)5-4-8-15-13/h3-8,11H,9H2,1-2H3. The Kier molecular flexibility index (Phi) is 3.38. The molecule has 0 spiro atoms. The summed E-state index contributed by atoms with van der Waals surface area (Å²) in [7, 11) is 0. The minimum absolute atomic E-state index is 0.113. The van der Waals surface area contributed by atoms with E-state index in [9.17, 15) is 4.79 Å². The second-order valence-electron chi connectivity index (χ2n) is 4.16. The van der Waals surface area contributed by atoms with Crippen LogP contribution in [0.25, 0.3) is 10.9 Å². The lowest BCUT2D eigenvalue weighted by atomic mass is 10.2. The molecule has 0 aliphatic carbocycles. The number of carbonyl (C=O) groups is 1. The number of Topliss-reactive ketones (excluding diaryl/α,β-unsaturated/α-hetero) is 1. The van der Waals surface area contributed by atoms with E-state index in [1.807, 2.05) is 37.3 Å². The van der Waals surface area contributed by atoms with E-state index in [2.05, 4.69) is 4.98 Å². The zero-order chi connectivity index (χ0) is 12.3. The first-order valence-electron chi connectivity index (χ1n) is 5.66. The number of carbonyl (C=O) groups excluding carboxylic acids is 1. The van der Waals surface area contributed by atoms with Gasteiger partial charge in [-0.05, 0) is 38.1 Å². The van der Waals surface area contributed by atoms with Crippen LogP contribution in [0.1, 0.15) is 20.3 Å².